The van der Waals surface area contributed by atoms with E-state index in [0.717, 1.165) is 11.4 Å². The minimum Gasteiger partial charge on any atom is -0.319 e. The first-order chi connectivity index (χ1) is 7.71. The number of nitrogens with two attached hydrogens (primary N) is 1. The van der Waals surface area contributed by atoms with E-state index in [1.54, 1.807) is 0 Å². The molecule has 1 rings (SSSR count). The lowest BCUT2D eigenvalue weighted by atomic mass is 9.87. The van der Waals surface area contributed by atoms with Gasteiger partial charge in [-0.25, -0.2) is 4.98 Å². The highest BCUT2D eigenvalue weighted by Gasteiger charge is 2.28. The number of hydrogen-bond acceptors (Lipinski definition) is 5. The van der Waals surface area contributed by atoms with Crippen molar-refractivity contribution in [3.63, 3.8) is 0 Å². The van der Waals surface area contributed by atoms with Gasteiger partial charge in [-0.15, -0.1) is 5.10 Å². The maximum absolute atomic E-state index is 11.8. The molecular formula is C11H19N5O. The van der Waals surface area contributed by atoms with Gasteiger partial charge in [-0.3, -0.25) is 10.1 Å². The zero-order valence-electron chi connectivity index (χ0n) is 10.9. The minimum atomic E-state index is -0.618. The van der Waals surface area contributed by atoms with E-state index in [1.165, 1.54) is 0 Å². The fourth-order valence-corrected chi connectivity index (χ4v) is 1.09. The molecular weight excluding hydrogens is 218 g/mol. The Balaban J connectivity index is 2.78. The smallest absolute Gasteiger partial charge is 0.249 e. The van der Waals surface area contributed by atoms with Gasteiger partial charge in [0.1, 0.15) is 0 Å². The van der Waals surface area contributed by atoms with E-state index in [9.17, 15) is 4.79 Å². The highest BCUT2D eigenvalue weighted by molar-refractivity contribution is 5.93. The molecule has 1 atom stereocenters. The number of nitrogens with one attached hydrogen (secondary N) is 1. The van der Waals surface area contributed by atoms with Gasteiger partial charge < -0.3 is 5.73 Å². The Hall–Kier alpha value is -1.56. The summed E-state index contributed by atoms with van der Waals surface area (Å²) >= 11 is 0. The van der Waals surface area contributed by atoms with Crippen molar-refractivity contribution in [1.82, 2.24) is 15.2 Å². The molecule has 1 heterocycles. The van der Waals surface area contributed by atoms with Crippen molar-refractivity contribution in [2.45, 2.75) is 40.7 Å². The molecule has 94 valence electrons. The van der Waals surface area contributed by atoms with Crippen LogP contribution in [0.15, 0.2) is 0 Å². The number of aromatic nitrogens is 3. The first kappa shape index (κ1) is 13.5. The lowest BCUT2D eigenvalue weighted by molar-refractivity contribution is -0.119. The second-order valence-corrected chi connectivity index (χ2v) is 5.14. The molecule has 0 aromatic carbocycles. The Morgan fingerprint density at radius 1 is 1.24 bits per heavy atom. The van der Waals surface area contributed by atoms with Crippen molar-refractivity contribution in [2.24, 2.45) is 11.1 Å². The quantitative estimate of drug-likeness (QED) is 0.793. The predicted molar refractivity (Wildman–Crippen MR) is 65.4 cm³/mol. The molecule has 0 aliphatic carbocycles. The maximum atomic E-state index is 11.8. The molecule has 1 unspecified atom stereocenters. The Kier molecular flexibility index (Phi) is 3.77. The number of amides is 1. The highest BCUT2D eigenvalue weighted by atomic mass is 16.2. The average molecular weight is 237 g/mol. The molecule has 3 N–H and O–H groups in total. The molecule has 1 aromatic heterocycles. The summed E-state index contributed by atoms with van der Waals surface area (Å²) in [6, 6.07) is -0.618. The summed E-state index contributed by atoms with van der Waals surface area (Å²) < 4.78 is 0. The predicted octanol–water partition coefficient (Wildman–Crippen LogP) is 0.800. The van der Waals surface area contributed by atoms with Crippen LogP contribution in [0.1, 0.15) is 32.2 Å². The first-order valence-corrected chi connectivity index (χ1v) is 5.46. The Labute approximate surface area is 101 Å². The summed E-state index contributed by atoms with van der Waals surface area (Å²) in [5.74, 6) is -0.111. The largest absolute Gasteiger partial charge is 0.319 e. The van der Waals surface area contributed by atoms with Crippen LogP contribution < -0.4 is 11.1 Å². The SMILES string of the molecule is Cc1nnc(NC(=O)C(N)C(C)(C)C)nc1C. The van der Waals surface area contributed by atoms with Crippen molar-refractivity contribution in [3.05, 3.63) is 11.4 Å². The third-order valence-corrected chi connectivity index (χ3v) is 2.54. The van der Waals surface area contributed by atoms with Crippen molar-refractivity contribution in [3.8, 4) is 0 Å². The van der Waals surface area contributed by atoms with Crippen molar-refractivity contribution >= 4 is 11.9 Å². The van der Waals surface area contributed by atoms with Gasteiger partial charge >= 0.3 is 0 Å². The number of aryl methyl sites for hydroxylation is 2. The van der Waals surface area contributed by atoms with Crippen molar-refractivity contribution in [1.29, 1.82) is 0 Å². The summed E-state index contributed by atoms with van der Waals surface area (Å²) in [6.07, 6.45) is 0. The molecule has 0 saturated heterocycles. The highest BCUT2D eigenvalue weighted by Crippen LogP contribution is 2.18. The summed E-state index contributed by atoms with van der Waals surface area (Å²) in [6.45, 7) is 9.31. The lowest BCUT2D eigenvalue weighted by Gasteiger charge is -2.25. The number of rotatable bonds is 2. The summed E-state index contributed by atoms with van der Waals surface area (Å²) in [7, 11) is 0. The van der Waals surface area contributed by atoms with Crippen LogP contribution in [0.25, 0.3) is 0 Å². The van der Waals surface area contributed by atoms with Crippen molar-refractivity contribution in [2.75, 3.05) is 5.32 Å². The standard InChI is InChI=1S/C11H19N5O/c1-6-7(2)15-16-10(13-6)14-9(17)8(12)11(3,4)5/h8H,12H2,1-5H3,(H,13,14,16,17). The topological polar surface area (TPSA) is 93.8 Å². The fraction of sp³-hybridized carbons (Fsp3) is 0.636. The average Bonchev–Trinajstić information content (AvgIpc) is 2.21. The summed E-state index contributed by atoms with van der Waals surface area (Å²) in [5, 5.41) is 10.2. The fourth-order valence-electron chi connectivity index (χ4n) is 1.09. The second kappa shape index (κ2) is 4.75. The Morgan fingerprint density at radius 2 is 1.82 bits per heavy atom. The van der Waals surface area contributed by atoms with E-state index in [2.05, 4.69) is 20.5 Å². The van der Waals surface area contributed by atoms with Crippen LogP contribution in [0.5, 0.6) is 0 Å². The molecule has 1 aromatic rings. The van der Waals surface area contributed by atoms with Gasteiger partial charge in [-0.2, -0.15) is 5.10 Å². The third-order valence-electron chi connectivity index (χ3n) is 2.54. The van der Waals surface area contributed by atoms with Crippen LogP contribution in [0.4, 0.5) is 5.95 Å². The molecule has 0 aliphatic rings. The summed E-state index contributed by atoms with van der Waals surface area (Å²) in [4.78, 5) is 15.9. The van der Waals surface area contributed by atoms with E-state index >= 15 is 0 Å². The molecule has 0 radical (unpaired) electrons. The van der Waals surface area contributed by atoms with Gasteiger partial charge in [-0.1, -0.05) is 20.8 Å². The number of carbonyl (C=O) groups excluding carboxylic acids is 1. The van der Waals surface area contributed by atoms with Gasteiger partial charge in [0, 0.05) is 0 Å². The van der Waals surface area contributed by atoms with E-state index in [0.29, 0.717) is 0 Å². The van der Waals surface area contributed by atoms with Gasteiger partial charge in [0.25, 0.3) is 0 Å². The van der Waals surface area contributed by atoms with Crippen LogP contribution in [0, 0.1) is 19.3 Å². The number of hydrogen-bond donors (Lipinski definition) is 2. The third kappa shape index (κ3) is 3.45. The number of anilines is 1. The normalized spacial score (nSPS) is 13.3. The van der Waals surface area contributed by atoms with Crippen molar-refractivity contribution < 1.29 is 4.79 Å². The molecule has 6 nitrogen and oxygen atoms in total. The lowest BCUT2D eigenvalue weighted by Crippen LogP contribution is -2.45. The molecule has 1 amide bonds. The van der Waals surface area contributed by atoms with Gasteiger partial charge in [0.15, 0.2) is 0 Å². The molecule has 0 fully saturated rings. The zero-order valence-corrected chi connectivity index (χ0v) is 10.9. The van der Waals surface area contributed by atoms with Crippen LogP contribution in [-0.4, -0.2) is 27.1 Å². The van der Waals surface area contributed by atoms with Gasteiger partial charge in [0.05, 0.1) is 17.4 Å². The zero-order chi connectivity index (χ0) is 13.2. The van der Waals surface area contributed by atoms with Gasteiger partial charge in [-0.05, 0) is 19.3 Å². The van der Waals surface area contributed by atoms with E-state index in [1.807, 2.05) is 34.6 Å². The molecule has 0 saturated carbocycles. The summed E-state index contributed by atoms with van der Waals surface area (Å²) in [5.41, 5.74) is 6.99. The van der Waals surface area contributed by atoms with E-state index in [4.69, 9.17) is 5.73 Å². The molecule has 6 heteroatoms. The molecule has 0 bridgehead atoms. The van der Waals surface area contributed by atoms with Crippen LogP contribution in [-0.2, 0) is 4.79 Å². The molecule has 17 heavy (non-hydrogen) atoms. The monoisotopic (exact) mass is 237 g/mol. The maximum Gasteiger partial charge on any atom is 0.249 e. The van der Waals surface area contributed by atoms with E-state index < -0.39 is 6.04 Å². The molecule has 0 aliphatic heterocycles. The Bertz CT molecular complexity index is 424. The van der Waals surface area contributed by atoms with E-state index in [-0.39, 0.29) is 17.3 Å². The van der Waals surface area contributed by atoms with Gasteiger partial charge in [0.2, 0.25) is 11.9 Å². The second-order valence-electron chi connectivity index (χ2n) is 5.14. The Morgan fingerprint density at radius 3 is 2.29 bits per heavy atom. The number of carbonyl (C=O) groups is 1. The van der Waals surface area contributed by atoms with Crippen LogP contribution >= 0.6 is 0 Å². The number of nitrogens with zero attached hydrogens (tertiary/aromatic N) is 3. The van der Waals surface area contributed by atoms with Crippen LogP contribution in [0.3, 0.4) is 0 Å². The molecule has 0 spiro atoms. The van der Waals surface area contributed by atoms with Crippen LogP contribution in [0.2, 0.25) is 0 Å². The minimum absolute atomic E-state index is 0.192. The first-order valence-electron chi connectivity index (χ1n) is 5.46.